The SMILES string of the molecule is C=CC(=O)N1CCN(c2c(C#N)c(OC[C@@H]3CCCN3C)nc3c2CCN(c2ccccc2C(F)(F)F)C3)C[C@@H]1CC#N. The fraction of sp³-hybridized carbons (Fsp3) is 0.484. The van der Waals surface area contributed by atoms with Gasteiger partial charge in [-0.1, -0.05) is 18.7 Å². The Balaban J connectivity index is 1.55. The average Bonchev–Trinajstić information content (AvgIpc) is 3.42. The minimum atomic E-state index is -4.51. The van der Waals surface area contributed by atoms with Gasteiger partial charge in [0.05, 0.1) is 42.0 Å². The first-order valence-corrected chi connectivity index (χ1v) is 14.4. The van der Waals surface area contributed by atoms with Gasteiger partial charge in [-0.25, -0.2) is 4.98 Å². The summed E-state index contributed by atoms with van der Waals surface area (Å²) in [7, 11) is 2.02. The number of alkyl halides is 3. The summed E-state index contributed by atoms with van der Waals surface area (Å²) >= 11 is 0. The number of nitriles is 2. The highest BCUT2D eigenvalue weighted by atomic mass is 19.4. The van der Waals surface area contributed by atoms with Crippen molar-refractivity contribution in [2.45, 2.75) is 50.5 Å². The third kappa shape index (κ3) is 6.11. The van der Waals surface area contributed by atoms with E-state index in [1.807, 2.05) is 11.9 Å². The van der Waals surface area contributed by atoms with Crippen LogP contribution >= 0.6 is 0 Å². The average molecular weight is 594 g/mol. The lowest BCUT2D eigenvalue weighted by Gasteiger charge is -2.43. The molecular formula is C31H34F3N7O2. The van der Waals surface area contributed by atoms with E-state index in [0.29, 0.717) is 50.6 Å². The minimum Gasteiger partial charge on any atom is -0.475 e. The Morgan fingerprint density at radius 1 is 1.16 bits per heavy atom. The molecule has 9 nitrogen and oxygen atoms in total. The highest BCUT2D eigenvalue weighted by molar-refractivity contribution is 5.87. The molecule has 0 aliphatic carbocycles. The third-order valence-electron chi connectivity index (χ3n) is 8.62. The van der Waals surface area contributed by atoms with E-state index >= 15 is 0 Å². The van der Waals surface area contributed by atoms with E-state index in [4.69, 9.17) is 9.72 Å². The Morgan fingerprint density at radius 3 is 2.63 bits per heavy atom. The van der Waals surface area contributed by atoms with E-state index in [0.717, 1.165) is 31.0 Å². The highest BCUT2D eigenvalue weighted by Gasteiger charge is 2.38. The molecule has 5 rings (SSSR count). The van der Waals surface area contributed by atoms with E-state index in [1.165, 1.54) is 18.2 Å². The zero-order valence-corrected chi connectivity index (χ0v) is 24.1. The number of pyridine rings is 1. The highest BCUT2D eigenvalue weighted by Crippen LogP contribution is 2.41. The maximum atomic E-state index is 13.9. The van der Waals surface area contributed by atoms with E-state index in [9.17, 15) is 28.5 Å². The summed E-state index contributed by atoms with van der Waals surface area (Å²) in [4.78, 5) is 24.8. The van der Waals surface area contributed by atoms with E-state index in [-0.39, 0.29) is 42.0 Å². The molecule has 0 spiro atoms. The lowest BCUT2D eigenvalue weighted by Crippen LogP contribution is -2.55. The Bertz CT molecular complexity index is 1460. The van der Waals surface area contributed by atoms with Gasteiger partial charge in [0.25, 0.3) is 0 Å². The number of hydrogen-bond donors (Lipinski definition) is 0. The molecule has 4 heterocycles. The van der Waals surface area contributed by atoms with Crippen LogP contribution in [-0.4, -0.2) is 79.2 Å². The van der Waals surface area contributed by atoms with Crippen LogP contribution in [0.5, 0.6) is 5.88 Å². The number of halogens is 3. The van der Waals surface area contributed by atoms with Gasteiger partial charge < -0.3 is 24.3 Å². The molecular weight excluding hydrogens is 559 g/mol. The minimum absolute atomic E-state index is 0.0778. The van der Waals surface area contributed by atoms with Gasteiger partial charge in [-0.15, -0.1) is 0 Å². The number of hydrogen-bond acceptors (Lipinski definition) is 8. The lowest BCUT2D eigenvalue weighted by molar-refractivity contribution is -0.137. The first-order valence-electron chi connectivity index (χ1n) is 14.4. The second kappa shape index (κ2) is 12.5. The van der Waals surface area contributed by atoms with E-state index in [2.05, 4.69) is 23.6 Å². The number of fused-ring (bicyclic) bond motifs is 1. The van der Waals surface area contributed by atoms with Crippen LogP contribution in [0.15, 0.2) is 36.9 Å². The number of para-hydroxylation sites is 1. The van der Waals surface area contributed by atoms with Crippen molar-refractivity contribution in [1.82, 2.24) is 14.8 Å². The molecule has 0 bridgehead atoms. The number of likely N-dealkylation sites (tertiary alicyclic amines) is 1. The third-order valence-corrected chi connectivity index (χ3v) is 8.62. The Labute approximate surface area is 249 Å². The van der Waals surface area contributed by atoms with Gasteiger partial charge in [0.15, 0.2) is 0 Å². The smallest absolute Gasteiger partial charge is 0.418 e. The van der Waals surface area contributed by atoms with Crippen LogP contribution in [0.25, 0.3) is 0 Å². The summed E-state index contributed by atoms with van der Waals surface area (Å²) in [6, 6.07) is 9.70. The maximum absolute atomic E-state index is 13.9. The van der Waals surface area contributed by atoms with Gasteiger partial charge in [-0.3, -0.25) is 4.79 Å². The summed E-state index contributed by atoms with van der Waals surface area (Å²) in [5.41, 5.74) is 1.59. The van der Waals surface area contributed by atoms with Crippen molar-refractivity contribution in [3.05, 3.63) is 59.3 Å². The number of benzene rings is 1. The summed E-state index contributed by atoms with van der Waals surface area (Å²) in [5, 5.41) is 19.9. The van der Waals surface area contributed by atoms with Crippen LogP contribution in [0.4, 0.5) is 24.5 Å². The Kier molecular flexibility index (Phi) is 8.79. The van der Waals surface area contributed by atoms with Crippen LogP contribution in [0.3, 0.4) is 0 Å². The van der Waals surface area contributed by atoms with Crippen LogP contribution in [0.2, 0.25) is 0 Å². The molecule has 0 N–H and O–H groups in total. The standard InChI is InChI=1S/C31H34F3N7O2/c1-3-28(42)41-16-15-40(18-21(41)10-12-35)29-23-11-14-39(27-9-5-4-8-25(27)31(32,33)34)19-26(23)37-30(24(29)17-36)43-20-22-7-6-13-38(22)2/h3-5,8-9,21-22H,1,6-7,10-11,13-16,18-20H2,2H3/t21-,22-/m0/s1. The second-order valence-corrected chi connectivity index (χ2v) is 11.1. The fourth-order valence-electron chi connectivity index (χ4n) is 6.39. The molecule has 12 heteroatoms. The zero-order chi connectivity index (χ0) is 30.7. The zero-order valence-electron chi connectivity index (χ0n) is 24.1. The van der Waals surface area contributed by atoms with Gasteiger partial charge in [-0.05, 0) is 51.1 Å². The molecule has 3 aliphatic heterocycles. The number of carbonyl (C=O) groups excluding carboxylic acids is 1. The molecule has 2 atom stereocenters. The molecule has 226 valence electrons. The number of rotatable bonds is 7. The van der Waals surface area contributed by atoms with Crippen molar-refractivity contribution in [3.63, 3.8) is 0 Å². The Morgan fingerprint density at radius 2 is 1.95 bits per heavy atom. The largest absolute Gasteiger partial charge is 0.475 e. The van der Waals surface area contributed by atoms with Crippen LogP contribution in [0, 0.1) is 22.7 Å². The quantitative estimate of drug-likeness (QED) is 0.442. The molecule has 2 saturated heterocycles. The van der Waals surface area contributed by atoms with Crippen molar-refractivity contribution >= 4 is 17.3 Å². The van der Waals surface area contributed by atoms with Crippen LogP contribution in [-0.2, 0) is 23.9 Å². The summed E-state index contributed by atoms with van der Waals surface area (Å²) < 4.78 is 47.9. The first kappa shape index (κ1) is 30.2. The van der Waals surface area contributed by atoms with Crippen molar-refractivity contribution < 1.29 is 22.7 Å². The van der Waals surface area contributed by atoms with Crippen molar-refractivity contribution in [2.75, 3.05) is 56.2 Å². The first-order chi connectivity index (χ1) is 20.7. The van der Waals surface area contributed by atoms with Crippen molar-refractivity contribution in [2.24, 2.45) is 0 Å². The van der Waals surface area contributed by atoms with Crippen LogP contribution in [0.1, 0.15) is 41.6 Å². The van der Waals surface area contributed by atoms with Crippen molar-refractivity contribution in [1.29, 1.82) is 10.5 Å². The molecule has 0 radical (unpaired) electrons. The monoisotopic (exact) mass is 593 g/mol. The lowest BCUT2D eigenvalue weighted by atomic mass is 9.96. The molecule has 3 aliphatic rings. The predicted molar refractivity (Wildman–Crippen MR) is 154 cm³/mol. The number of anilines is 2. The van der Waals surface area contributed by atoms with Crippen LogP contribution < -0.4 is 14.5 Å². The Hall–Kier alpha value is -4.29. The molecule has 2 fully saturated rings. The molecule has 1 aromatic carbocycles. The molecule has 43 heavy (non-hydrogen) atoms. The van der Waals surface area contributed by atoms with E-state index < -0.39 is 17.8 Å². The molecule has 0 unspecified atom stereocenters. The topological polar surface area (TPSA) is 99.7 Å². The summed E-state index contributed by atoms with van der Waals surface area (Å²) in [6.45, 7) is 6.30. The van der Waals surface area contributed by atoms with Gasteiger partial charge in [0, 0.05) is 43.5 Å². The predicted octanol–water partition coefficient (Wildman–Crippen LogP) is 4.12. The summed E-state index contributed by atoms with van der Waals surface area (Å²) in [6.07, 6.45) is -0.828. The van der Waals surface area contributed by atoms with Gasteiger partial charge >= 0.3 is 6.18 Å². The number of aromatic nitrogens is 1. The van der Waals surface area contributed by atoms with Gasteiger partial charge in [0.2, 0.25) is 11.8 Å². The number of amides is 1. The molecule has 0 saturated carbocycles. The number of ether oxygens (including phenoxy) is 1. The molecule has 1 amide bonds. The maximum Gasteiger partial charge on any atom is 0.418 e. The number of nitrogens with zero attached hydrogens (tertiary/aromatic N) is 7. The molecule has 1 aromatic heterocycles. The second-order valence-electron chi connectivity index (χ2n) is 11.1. The van der Waals surface area contributed by atoms with Gasteiger partial charge in [0.1, 0.15) is 18.2 Å². The number of piperazine rings is 1. The van der Waals surface area contributed by atoms with Gasteiger partial charge in [-0.2, -0.15) is 23.7 Å². The van der Waals surface area contributed by atoms with Crippen molar-refractivity contribution in [3.8, 4) is 18.0 Å². The number of carbonyl (C=O) groups is 1. The molecule has 2 aromatic rings. The normalized spacial score (nSPS) is 20.7. The van der Waals surface area contributed by atoms with E-state index in [1.54, 1.807) is 15.9 Å². The fourth-order valence-corrected chi connectivity index (χ4v) is 6.39. The number of likely N-dealkylation sites (N-methyl/N-ethyl adjacent to an activating group) is 1. The summed E-state index contributed by atoms with van der Waals surface area (Å²) in [5.74, 6) is -0.107.